The van der Waals surface area contributed by atoms with Crippen LogP contribution in [0, 0.1) is 5.92 Å². The van der Waals surface area contributed by atoms with Gasteiger partial charge in [-0.3, -0.25) is 9.69 Å². The summed E-state index contributed by atoms with van der Waals surface area (Å²) in [5, 5.41) is 0. The number of likely N-dealkylation sites (tertiary alicyclic amines) is 1. The summed E-state index contributed by atoms with van der Waals surface area (Å²) in [4.78, 5) is 16.4. The van der Waals surface area contributed by atoms with E-state index >= 15 is 0 Å². The molecule has 4 nitrogen and oxygen atoms in total. The first-order valence-corrected chi connectivity index (χ1v) is 8.52. The molecule has 2 fully saturated rings. The third kappa shape index (κ3) is 4.08. The highest BCUT2D eigenvalue weighted by atomic mass is 16.2. The normalized spacial score (nSPS) is 22.1. The molecule has 1 aromatic rings. The average Bonchev–Trinajstić information content (AvgIpc) is 3.40. The molecule has 0 aromatic heterocycles. The van der Waals surface area contributed by atoms with E-state index in [0.717, 1.165) is 38.6 Å². The van der Waals surface area contributed by atoms with Crippen molar-refractivity contribution < 1.29 is 4.79 Å². The van der Waals surface area contributed by atoms with Crippen molar-refractivity contribution in [2.24, 2.45) is 11.7 Å². The van der Waals surface area contributed by atoms with Gasteiger partial charge < -0.3 is 10.6 Å². The van der Waals surface area contributed by atoms with Crippen LogP contribution < -0.4 is 5.73 Å². The SMILES string of the molecule is NCC(=O)N1CCCC(CN(Cc2ccccc2)C2CC2)C1. The number of benzene rings is 1. The molecule has 4 heteroatoms. The van der Waals surface area contributed by atoms with Crippen molar-refractivity contribution in [3.8, 4) is 0 Å². The molecule has 1 aromatic carbocycles. The van der Waals surface area contributed by atoms with Gasteiger partial charge in [-0.05, 0) is 37.2 Å². The number of nitrogens with zero attached hydrogens (tertiary/aromatic N) is 2. The van der Waals surface area contributed by atoms with Gasteiger partial charge in [0, 0.05) is 32.2 Å². The first-order chi connectivity index (χ1) is 10.8. The van der Waals surface area contributed by atoms with Gasteiger partial charge in [0.25, 0.3) is 0 Å². The Kier molecular flexibility index (Phi) is 5.11. The lowest BCUT2D eigenvalue weighted by Crippen LogP contribution is -2.46. The third-order valence-corrected chi connectivity index (χ3v) is 4.83. The second-order valence-electron chi connectivity index (χ2n) is 6.70. The second-order valence-corrected chi connectivity index (χ2v) is 6.70. The maximum absolute atomic E-state index is 11.8. The van der Waals surface area contributed by atoms with Crippen LogP contribution in [0.3, 0.4) is 0 Å². The van der Waals surface area contributed by atoms with Gasteiger partial charge in [0.1, 0.15) is 0 Å². The minimum Gasteiger partial charge on any atom is -0.341 e. The monoisotopic (exact) mass is 301 g/mol. The van der Waals surface area contributed by atoms with Crippen molar-refractivity contribution in [3.05, 3.63) is 35.9 Å². The molecule has 1 unspecified atom stereocenters. The number of rotatable bonds is 6. The number of piperidine rings is 1. The van der Waals surface area contributed by atoms with Gasteiger partial charge in [0.2, 0.25) is 5.91 Å². The maximum Gasteiger partial charge on any atom is 0.236 e. The summed E-state index contributed by atoms with van der Waals surface area (Å²) in [7, 11) is 0. The molecule has 0 radical (unpaired) electrons. The first kappa shape index (κ1) is 15.5. The van der Waals surface area contributed by atoms with Crippen molar-refractivity contribution in [1.29, 1.82) is 0 Å². The molecule has 22 heavy (non-hydrogen) atoms. The molecule has 2 N–H and O–H groups in total. The first-order valence-electron chi connectivity index (χ1n) is 8.52. The standard InChI is InChI=1S/C18H27N3O/c19-11-18(22)20-10-4-7-16(13-20)14-21(17-8-9-17)12-15-5-2-1-3-6-15/h1-3,5-6,16-17H,4,7-14,19H2. The van der Waals surface area contributed by atoms with E-state index in [1.165, 1.54) is 24.8 Å². The number of amides is 1. The fourth-order valence-corrected chi connectivity index (χ4v) is 3.50. The molecule has 0 spiro atoms. The predicted molar refractivity (Wildman–Crippen MR) is 88.2 cm³/mol. The largest absolute Gasteiger partial charge is 0.341 e. The molecule has 2 aliphatic rings. The fourth-order valence-electron chi connectivity index (χ4n) is 3.50. The van der Waals surface area contributed by atoms with Crippen LogP contribution in [0.25, 0.3) is 0 Å². The van der Waals surface area contributed by atoms with E-state index in [-0.39, 0.29) is 12.5 Å². The summed E-state index contributed by atoms with van der Waals surface area (Å²) in [5.74, 6) is 0.694. The second kappa shape index (κ2) is 7.25. The number of nitrogens with two attached hydrogens (primary N) is 1. The van der Waals surface area contributed by atoms with Crippen LogP contribution in [-0.4, -0.2) is 47.9 Å². The zero-order valence-corrected chi connectivity index (χ0v) is 13.3. The quantitative estimate of drug-likeness (QED) is 0.872. The van der Waals surface area contributed by atoms with Gasteiger partial charge in [-0.1, -0.05) is 30.3 Å². The summed E-state index contributed by atoms with van der Waals surface area (Å²) in [6.45, 7) is 4.05. The van der Waals surface area contributed by atoms with Gasteiger partial charge >= 0.3 is 0 Å². The molecular formula is C18H27N3O. The molecule has 3 rings (SSSR count). The van der Waals surface area contributed by atoms with Crippen molar-refractivity contribution >= 4 is 5.91 Å². The van der Waals surface area contributed by atoms with Crippen LogP contribution in [-0.2, 0) is 11.3 Å². The highest BCUT2D eigenvalue weighted by molar-refractivity contribution is 5.78. The summed E-state index contributed by atoms with van der Waals surface area (Å²) in [6.07, 6.45) is 4.99. The minimum atomic E-state index is 0.103. The molecular weight excluding hydrogens is 274 g/mol. The zero-order chi connectivity index (χ0) is 15.4. The van der Waals surface area contributed by atoms with Gasteiger partial charge in [-0.2, -0.15) is 0 Å². The van der Waals surface area contributed by atoms with Crippen molar-refractivity contribution in [3.63, 3.8) is 0 Å². The smallest absolute Gasteiger partial charge is 0.236 e. The Morgan fingerprint density at radius 2 is 2.00 bits per heavy atom. The van der Waals surface area contributed by atoms with Crippen LogP contribution in [0.1, 0.15) is 31.2 Å². The Balaban J connectivity index is 1.58. The van der Waals surface area contributed by atoms with Crippen LogP contribution in [0.2, 0.25) is 0 Å². The number of hydrogen-bond donors (Lipinski definition) is 1. The molecule has 1 amide bonds. The van der Waals surface area contributed by atoms with Crippen LogP contribution in [0.15, 0.2) is 30.3 Å². The highest BCUT2D eigenvalue weighted by Crippen LogP contribution is 2.30. The Labute approximate surface area is 133 Å². The Morgan fingerprint density at radius 3 is 2.68 bits per heavy atom. The molecule has 1 aliphatic heterocycles. The van der Waals surface area contributed by atoms with E-state index in [9.17, 15) is 4.79 Å². The number of hydrogen-bond acceptors (Lipinski definition) is 3. The maximum atomic E-state index is 11.8. The van der Waals surface area contributed by atoms with Crippen LogP contribution >= 0.6 is 0 Å². The summed E-state index contributed by atoms with van der Waals surface area (Å²) in [6, 6.07) is 11.5. The molecule has 1 aliphatic carbocycles. The average molecular weight is 301 g/mol. The van der Waals surface area contributed by atoms with Crippen molar-refractivity contribution in [2.75, 3.05) is 26.2 Å². The Hall–Kier alpha value is -1.39. The third-order valence-electron chi connectivity index (χ3n) is 4.83. The Bertz CT molecular complexity index is 486. The topological polar surface area (TPSA) is 49.6 Å². The lowest BCUT2D eigenvalue weighted by Gasteiger charge is -2.35. The van der Waals surface area contributed by atoms with Crippen molar-refractivity contribution in [1.82, 2.24) is 9.80 Å². The van der Waals surface area contributed by atoms with E-state index < -0.39 is 0 Å². The van der Waals surface area contributed by atoms with E-state index in [2.05, 4.69) is 35.2 Å². The van der Waals surface area contributed by atoms with Crippen LogP contribution in [0.5, 0.6) is 0 Å². The summed E-state index contributed by atoms with van der Waals surface area (Å²) in [5.41, 5.74) is 6.90. The van der Waals surface area contributed by atoms with Gasteiger partial charge in [0.05, 0.1) is 6.54 Å². The molecule has 0 bridgehead atoms. The van der Waals surface area contributed by atoms with Gasteiger partial charge in [-0.25, -0.2) is 0 Å². The lowest BCUT2D eigenvalue weighted by atomic mass is 9.97. The number of carbonyl (C=O) groups excluding carboxylic acids is 1. The van der Waals surface area contributed by atoms with Gasteiger partial charge in [0.15, 0.2) is 0 Å². The molecule has 1 atom stereocenters. The van der Waals surface area contributed by atoms with E-state index in [1.54, 1.807) is 0 Å². The van der Waals surface area contributed by atoms with Gasteiger partial charge in [-0.15, -0.1) is 0 Å². The van der Waals surface area contributed by atoms with E-state index in [0.29, 0.717) is 5.92 Å². The number of carbonyl (C=O) groups is 1. The lowest BCUT2D eigenvalue weighted by molar-refractivity contribution is -0.131. The zero-order valence-electron chi connectivity index (χ0n) is 13.3. The molecule has 1 saturated carbocycles. The van der Waals surface area contributed by atoms with E-state index in [4.69, 9.17) is 5.73 Å². The Morgan fingerprint density at radius 1 is 1.23 bits per heavy atom. The van der Waals surface area contributed by atoms with Crippen molar-refractivity contribution in [2.45, 2.75) is 38.3 Å². The molecule has 120 valence electrons. The van der Waals surface area contributed by atoms with Crippen LogP contribution in [0.4, 0.5) is 0 Å². The molecule has 1 heterocycles. The highest BCUT2D eigenvalue weighted by Gasteiger charge is 2.32. The predicted octanol–water partition coefficient (Wildman–Crippen LogP) is 1.85. The summed E-state index contributed by atoms with van der Waals surface area (Å²) < 4.78 is 0. The minimum absolute atomic E-state index is 0.103. The molecule has 1 saturated heterocycles. The van der Waals surface area contributed by atoms with E-state index in [1.807, 2.05) is 4.90 Å². The fraction of sp³-hybridized carbons (Fsp3) is 0.611. The summed E-state index contributed by atoms with van der Waals surface area (Å²) >= 11 is 0.